The van der Waals surface area contributed by atoms with E-state index in [1.54, 1.807) is 41.4 Å². The van der Waals surface area contributed by atoms with Crippen LogP contribution in [0.1, 0.15) is 16.1 Å². The van der Waals surface area contributed by atoms with E-state index in [1.807, 2.05) is 60.7 Å². The number of amides is 1. The van der Waals surface area contributed by atoms with Crippen molar-refractivity contribution in [2.75, 3.05) is 4.90 Å². The molecule has 0 unspecified atom stereocenters. The van der Waals surface area contributed by atoms with E-state index in [0.717, 1.165) is 21.7 Å². The smallest absolute Gasteiger partial charge is 0.260 e. The Morgan fingerprint density at radius 2 is 1.67 bits per heavy atom. The minimum absolute atomic E-state index is 0.169. The predicted molar refractivity (Wildman–Crippen MR) is 132 cm³/mol. The molecule has 0 bridgehead atoms. The predicted octanol–water partition coefficient (Wildman–Crippen LogP) is 6.98. The molecule has 162 valence electrons. The zero-order valence-corrected chi connectivity index (χ0v) is 19.0. The lowest BCUT2D eigenvalue weighted by atomic mass is 10.2. The van der Waals surface area contributed by atoms with Gasteiger partial charge >= 0.3 is 0 Å². The van der Waals surface area contributed by atoms with E-state index in [2.05, 4.69) is 9.97 Å². The molecule has 0 saturated carbocycles. The first-order valence-corrected chi connectivity index (χ1v) is 11.5. The maximum atomic E-state index is 13.6. The van der Waals surface area contributed by atoms with Crippen LogP contribution < -0.4 is 9.64 Å². The van der Waals surface area contributed by atoms with Crippen LogP contribution in [0.2, 0.25) is 5.02 Å². The van der Waals surface area contributed by atoms with Gasteiger partial charge in [-0.1, -0.05) is 47.2 Å². The highest BCUT2D eigenvalue weighted by molar-refractivity contribution is 7.22. The summed E-state index contributed by atoms with van der Waals surface area (Å²) in [6.07, 6.45) is 1.71. The molecule has 0 aliphatic carbocycles. The fourth-order valence-electron chi connectivity index (χ4n) is 3.33. The SMILES string of the molecule is O=C(c1ccc(Oc2ccccc2)cc1)N(Cc1ccccn1)c1nc2ccc(Cl)cc2s1. The molecule has 3 aromatic carbocycles. The molecule has 0 fully saturated rings. The average molecular weight is 472 g/mol. The Morgan fingerprint density at radius 3 is 2.42 bits per heavy atom. The first-order chi connectivity index (χ1) is 16.2. The normalized spacial score (nSPS) is 10.8. The number of carbonyl (C=O) groups is 1. The van der Waals surface area contributed by atoms with Gasteiger partial charge in [0.15, 0.2) is 5.13 Å². The van der Waals surface area contributed by atoms with E-state index in [0.29, 0.717) is 28.0 Å². The van der Waals surface area contributed by atoms with Crippen LogP contribution in [-0.2, 0) is 6.54 Å². The summed E-state index contributed by atoms with van der Waals surface area (Å²) in [5, 5.41) is 1.22. The van der Waals surface area contributed by atoms with Crippen LogP contribution in [0.25, 0.3) is 10.2 Å². The van der Waals surface area contributed by atoms with Crippen molar-refractivity contribution in [2.45, 2.75) is 6.54 Å². The first kappa shape index (κ1) is 21.1. The van der Waals surface area contributed by atoms with E-state index in [-0.39, 0.29) is 5.91 Å². The Hall–Kier alpha value is -3.74. The summed E-state index contributed by atoms with van der Waals surface area (Å²) < 4.78 is 6.77. The van der Waals surface area contributed by atoms with Crippen LogP contribution in [-0.4, -0.2) is 15.9 Å². The molecule has 0 spiro atoms. The number of pyridine rings is 1. The molecular formula is C26H18ClN3O2S. The lowest BCUT2D eigenvalue weighted by Crippen LogP contribution is -2.30. The fraction of sp³-hybridized carbons (Fsp3) is 0.0385. The van der Waals surface area contributed by atoms with Crippen molar-refractivity contribution in [1.82, 2.24) is 9.97 Å². The summed E-state index contributed by atoms with van der Waals surface area (Å²) in [7, 11) is 0. The summed E-state index contributed by atoms with van der Waals surface area (Å²) in [6.45, 7) is 0.301. The number of hydrogen-bond acceptors (Lipinski definition) is 5. The molecule has 7 heteroatoms. The molecule has 0 N–H and O–H groups in total. The third kappa shape index (κ3) is 4.87. The van der Waals surface area contributed by atoms with Gasteiger partial charge in [-0.25, -0.2) is 4.98 Å². The maximum absolute atomic E-state index is 13.6. The number of benzene rings is 3. The van der Waals surface area contributed by atoms with Crippen molar-refractivity contribution in [1.29, 1.82) is 0 Å². The Morgan fingerprint density at radius 1 is 0.909 bits per heavy atom. The van der Waals surface area contributed by atoms with E-state index in [9.17, 15) is 4.79 Å². The van der Waals surface area contributed by atoms with Gasteiger partial charge in [-0.3, -0.25) is 14.7 Å². The van der Waals surface area contributed by atoms with Crippen LogP contribution in [0.5, 0.6) is 11.5 Å². The van der Waals surface area contributed by atoms with Crippen molar-refractivity contribution in [2.24, 2.45) is 0 Å². The highest BCUT2D eigenvalue weighted by Crippen LogP contribution is 2.32. The number of fused-ring (bicyclic) bond motifs is 1. The number of thiazole rings is 1. The number of ether oxygens (including phenoxy) is 1. The van der Waals surface area contributed by atoms with Gasteiger partial charge in [0, 0.05) is 16.8 Å². The van der Waals surface area contributed by atoms with Gasteiger partial charge in [0.25, 0.3) is 5.91 Å². The second-order valence-electron chi connectivity index (χ2n) is 7.26. The van der Waals surface area contributed by atoms with Crippen LogP contribution >= 0.6 is 22.9 Å². The molecule has 2 aromatic heterocycles. The van der Waals surface area contributed by atoms with Crippen LogP contribution in [0, 0.1) is 0 Å². The summed E-state index contributed by atoms with van der Waals surface area (Å²) >= 11 is 7.57. The van der Waals surface area contributed by atoms with E-state index >= 15 is 0 Å². The molecule has 33 heavy (non-hydrogen) atoms. The second kappa shape index (κ2) is 9.40. The van der Waals surface area contributed by atoms with E-state index in [1.165, 1.54) is 11.3 Å². The minimum Gasteiger partial charge on any atom is -0.457 e. The lowest BCUT2D eigenvalue weighted by molar-refractivity contribution is 0.0985. The fourth-order valence-corrected chi connectivity index (χ4v) is 4.57. The number of hydrogen-bond donors (Lipinski definition) is 0. The van der Waals surface area contributed by atoms with Crippen molar-refractivity contribution in [3.8, 4) is 11.5 Å². The topological polar surface area (TPSA) is 55.3 Å². The molecule has 0 saturated heterocycles. The molecule has 0 aliphatic heterocycles. The van der Waals surface area contributed by atoms with E-state index < -0.39 is 0 Å². The summed E-state index contributed by atoms with van der Waals surface area (Å²) in [4.78, 5) is 24.3. The Balaban J connectivity index is 1.45. The van der Waals surface area contributed by atoms with Crippen LogP contribution in [0.15, 0.2) is 97.2 Å². The van der Waals surface area contributed by atoms with Gasteiger partial charge in [-0.15, -0.1) is 0 Å². The number of halogens is 1. The highest BCUT2D eigenvalue weighted by atomic mass is 35.5. The molecule has 5 rings (SSSR count). The van der Waals surface area contributed by atoms with E-state index in [4.69, 9.17) is 16.3 Å². The molecular weight excluding hydrogens is 454 g/mol. The number of rotatable bonds is 6. The molecule has 0 radical (unpaired) electrons. The minimum atomic E-state index is -0.169. The summed E-state index contributed by atoms with van der Waals surface area (Å²) in [6, 6.07) is 27.8. The third-order valence-corrected chi connectivity index (χ3v) is 6.22. The monoisotopic (exact) mass is 471 g/mol. The molecule has 2 heterocycles. The molecule has 0 aliphatic rings. The summed E-state index contributed by atoms with van der Waals surface area (Å²) in [5.74, 6) is 1.22. The zero-order valence-electron chi connectivity index (χ0n) is 17.4. The van der Waals surface area contributed by atoms with Gasteiger partial charge in [-0.2, -0.15) is 0 Å². The standard InChI is InChI=1S/C26H18ClN3O2S/c27-19-11-14-23-24(16-19)33-26(29-23)30(17-20-6-4-5-15-28-20)25(31)18-9-12-22(13-10-18)32-21-7-2-1-3-8-21/h1-16H,17H2. The number of para-hydroxylation sites is 1. The maximum Gasteiger partial charge on any atom is 0.260 e. The summed E-state index contributed by atoms with van der Waals surface area (Å²) in [5.41, 5.74) is 2.10. The second-order valence-corrected chi connectivity index (χ2v) is 8.71. The first-order valence-electron chi connectivity index (χ1n) is 10.3. The van der Waals surface area contributed by atoms with Crippen molar-refractivity contribution < 1.29 is 9.53 Å². The Bertz CT molecular complexity index is 1390. The molecule has 5 aromatic rings. The largest absolute Gasteiger partial charge is 0.457 e. The number of aromatic nitrogens is 2. The Labute approximate surface area is 199 Å². The number of anilines is 1. The van der Waals surface area contributed by atoms with Gasteiger partial charge in [-0.05, 0) is 66.7 Å². The van der Waals surface area contributed by atoms with Crippen molar-refractivity contribution in [3.05, 3.63) is 113 Å². The molecule has 0 atom stereocenters. The van der Waals surface area contributed by atoms with Crippen LogP contribution in [0.3, 0.4) is 0 Å². The molecule has 5 nitrogen and oxygen atoms in total. The van der Waals surface area contributed by atoms with Gasteiger partial charge < -0.3 is 4.74 Å². The molecule has 1 amide bonds. The van der Waals surface area contributed by atoms with Crippen molar-refractivity contribution >= 4 is 44.2 Å². The number of carbonyl (C=O) groups excluding carboxylic acids is 1. The van der Waals surface area contributed by atoms with Gasteiger partial charge in [0.2, 0.25) is 0 Å². The average Bonchev–Trinajstić information content (AvgIpc) is 3.27. The quantitative estimate of drug-likeness (QED) is 0.268. The third-order valence-electron chi connectivity index (χ3n) is 4.94. The van der Waals surface area contributed by atoms with Crippen LogP contribution in [0.4, 0.5) is 5.13 Å². The Kier molecular flexibility index (Phi) is 6.02. The number of nitrogens with zero attached hydrogens (tertiary/aromatic N) is 3. The highest BCUT2D eigenvalue weighted by Gasteiger charge is 2.22. The zero-order chi connectivity index (χ0) is 22.6. The van der Waals surface area contributed by atoms with Gasteiger partial charge in [0.1, 0.15) is 11.5 Å². The van der Waals surface area contributed by atoms with Crippen molar-refractivity contribution in [3.63, 3.8) is 0 Å². The lowest BCUT2D eigenvalue weighted by Gasteiger charge is -2.19. The van der Waals surface area contributed by atoms with Gasteiger partial charge in [0.05, 0.1) is 22.5 Å².